The topological polar surface area (TPSA) is 61.9 Å². The van der Waals surface area contributed by atoms with Crippen molar-refractivity contribution < 1.29 is 4.79 Å². The first-order chi connectivity index (χ1) is 8.76. The van der Waals surface area contributed by atoms with Crippen LogP contribution in [0, 0.1) is 0 Å². The summed E-state index contributed by atoms with van der Waals surface area (Å²) in [5, 5.41) is 6.90. The van der Waals surface area contributed by atoms with Gasteiger partial charge in [0.1, 0.15) is 5.82 Å². The van der Waals surface area contributed by atoms with Gasteiger partial charge in [-0.3, -0.25) is 9.89 Å². The molecule has 0 atom stereocenters. The molecule has 1 amide bonds. The van der Waals surface area contributed by atoms with Crippen LogP contribution < -0.4 is 0 Å². The van der Waals surface area contributed by atoms with E-state index < -0.39 is 0 Å². The molecule has 1 aliphatic rings. The molecule has 100 valence electrons. The number of nitrogens with zero attached hydrogens (tertiary/aromatic N) is 3. The molecule has 1 heterocycles. The van der Waals surface area contributed by atoms with Crippen LogP contribution in [0.25, 0.3) is 0 Å². The summed E-state index contributed by atoms with van der Waals surface area (Å²) in [6.45, 7) is 4.85. The van der Waals surface area contributed by atoms with Crippen LogP contribution in [0.1, 0.15) is 62.4 Å². The van der Waals surface area contributed by atoms with Crippen molar-refractivity contribution in [1.29, 1.82) is 0 Å². The Bertz CT molecular complexity index is 395. The van der Waals surface area contributed by atoms with Gasteiger partial charge in [-0.2, -0.15) is 0 Å². The molecule has 18 heavy (non-hydrogen) atoms. The van der Waals surface area contributed by atoms with Gasteiger partial charge < -0.3 is 4.90 Å². The first kappa shape index (κ1) is 13.1. The number of aryl methyl sites for hydroxylation is 1. The minimum absolute atomic E-state index is 0.0250. The van der Waals surface area contributed by atoms with Gasteiger partial charge in [-0.25, -0.2) is 4.98 Å². The molecular formula is C13H22N4O. The Hall–Kier alpha value is -1.39. The molecule has 1 aromatic heterocycles. The zero-order chi connectivity index (χ0) is 13.0. The Balaban J connectivity index is 2.07. The summed E-state index contributed by atoms with van der Waals surface area (Å²) in [6.07, 6.45) is 6.53. The van der Waals surface area contributed by atoms with E-state index >= 15 is 0 Å². The summed E-state index contributed by atoms with van der Waals surface area (Å²) in [7, 11) is 0. The van der Waals surface area contributed by atoms with E-state index in [2.05, 4.69) is 22.1 Å². The lowest BCUT2D eigenvalue weighted by Crippen LogP contribution is -2.39. The molecule has 0 radical (unpaired) electrons. The zero-order valence-electron chi connectivity index (χ0n) is 11.3. The smallest absolute Gasteiger partial charge is 0.293 e. The van der Waals surface area contributed by atoms with Crippen molar-refractivity contribution in [3.05, 3.63) is 11.6 Å². The van der Waals surface area contributed by atoms with E-state index in [1.54, 1.807) is 0 Å². The molecule has 0 aromatic carbocycles. The largest absolute Gasteiger partial charge is 0.333 e. The Kier molecular flexibility index (Phi) is 4.33. The molecule has 2 rings (SSSR count). The monoisotopic (exact) mass is 250 g/mol. The number of nitrogens with one attached hydrogen (secondary N) is 1. The van der Waals surface area contributed by atoms with Crippen molar-refractivity contribution in [3.8, 4) is 0 Å². The highest BCUT2D eigenvalue weighted by molar-refractivity contribution is 5.90. The zero-order valence-corrected chi connectivity index (χ0v) is 11.3. The third-order valence-corrected chi connectivity index (χ3v) is 3.58. The summed E-state index contributed by atoms with van der Waals surface area (Å²) in [5.74, 6) is 1.11. The van der Waals surface area contributed by atoms with Gasteiger partial charge in [0.2, 0.25) is 5.82 Å². The lowest BCUT2D eigenvalue weighted by molar-refractivity contribution is 0.0681. The van der Waals surface area contributed by atoms with Crippen LogP contribution in [-0.4, -0.2) is 38.6 Å². The second-order valence-electron chi connectivity index (χ2n) is 4.89. The van der Waals surface area contributed by atoms with Crippen LogP contribution in [0.5, 0.6) is 0 Å². The average molecular weight is 250 g/mol. The molecule has 1 N–H and O–H groups in total. The SMILES string of the molecule is CCCc1nc(C(=O)N(CC)C2CCCC2)n[nH]1. The van der Waals surface area contributed by atoms with Gasteiger partial charge in [-0.1, -0.05) is 19.8 Å². The van der Waals surface area contributed by atoms with Gasteiger partial charge in [0.25, 0.3) is 5.91 Å². The summed E-state index contributed by atoms with van der Waals surface area (Å²) in [4.78, 5) is 18.6. The Morgan fingerprint density at radius 1 is 1.39 bits per heavy atom. The van der Waals surface area contributed by atoms with E-state index in [9.17, 15) is 4.79 Å². The minimum Gasteiger partial charge on any atom is -0.333 e. The minimum atomic E-state index is -0.0250. The molecule has 0 bridgehead atoms. The number of aromatic nitrogens is 3. The first-order valence-electron chi connectivity index (χ1n) is 6.98. The molecule has 0 aliphatic heterocycles. The molecule has 1 aromatic rings. The van der Waals surface area contributed by atoms with Gasteiger partial charge in [0.05, 0.1) is 0 Å². The molecule has 1 fully saturated rings. The van der Waals surface area contributed by atoms with Crippen molar-refractivity contribution in [2.75, 3.05) is 6.54 Å². The highest BCUT2D eigenvalue weighted by atomic mass is 16.2. The number of hydrogen-bond acceptors (Lipinski definition) is 3. The number of amides is 1. The maximum atomic E-state index is 12.4. The van der Waals surface area contributed by atoms with E-state index in [0.717, 1.165) is 38.1 Å². The highest BCUT2D eigenvalue weighted by Gasteiger charge is 2.28. The standard InChI is InChI=1S/C13H22N4O/c1-3-7-11-14-12(16-15-11)13(18)17(4-2)10-8-5-6-9-10/h10H,3-9H2,1-2H3,(H,14,15,16). The van der Waals surface area contributed by atoms with E-state index in [4.69, 9.17) is 0 Å². The van der Waals surface area contributed by atoms with Crippen molar-refractivity contribution in [3.63, 3.8) is 0 Å². The van der Waals surface area contributed by atoms with Gasteiger partial charge >= 0.3 is 0 Å². The molecule has 1 saturated carbocycles. The number of H-pyrrole nitrogens is 1. The first-order valence-corrected chi connectivity index (χ1v) is 6.98. The van der Waals surface area contributed by atoms with Crippen molar-refractivity contribution in [2.24, 2.45) is 0 Å². The second kappa shape index (κ2) is 5.98. The highest BCUT2D eigenvalue weighted by Crippen LogP contribution is 2.24. The van der Waals surface area contributed by atoms with Gasteiger partial charge in [-0.15, -0.1) is 5.10 Å². The van der Waals surface area contributed by atoms with E-state index in [0.29, 0.717) is 11.9 Å². The average Bonchev–Trinajstić information content (AvgIpc) is 3.01. The Morgan fingerprint density at radius 3 is 2.72 bits per heavy atom. The third-order valence-electron chi connectivity index (χ3n) is 3.58. The molecule has 0 spiro atoms. The van der Waals surface area contributed by atoms with Crippen LogP contribution in [-0.2, 0) is 6.42 Å². The Morgan fingerprint density at radius 2 is 2.11 bits per heavy atom. The maximum Gasteiger partial charge on any atom is 0.293 e. The molecule has 5 heteroatoms. The van der Waals surface area contributed by atoms with Crippen molar-refractivity contribution >= 4 is 5.91 Å². The van der Waals surface area contributed by atoms with Gasteiger partial charge in [0, 0.05) is 19.0 Å². The number of carbonyl (C=O) groups excluding carboxylic acids is 1. The van der Waals surface area contributed by atoms with Crippen LogP contribution in [0.3, 0.4) is 0 Å². The fraction of sp³-hybridized carbons (Fsp3) is 0.769. The normalized spacial score (nSPS) is 16.1. The van der Waals surface area contributed by atoms with Crippen LogP contribution in [0.4, 0.5) is 0 Å². The Labute approximate surface area is 108 Å². The van der Waals surface area contributed by atoms with E-state index in [1.165, 1.54) is 12.8 Å². The predicted molar refractivity (Wildman–Crippen MR) is 69.3 cm³/mol. The molecule has 0 unspecified atom stereocenters. The summed E-state index contributed by atoms with van der Waals surface area (Å²) in [5.41, 5.74) is 0. The van der Waals surface area contributed by atoms with E-state index in [1.807, 2.05) is 11.8 Å². The lowest BCUT2D eigenvalue weighted by atomic mass is 10.2. The number of carbonyl (C=O) groups is 1. The quantitative estimate of drug-likeness (QED) is 0.871. The van der Waals surface area contributed by atoms with Crippen molar-refractivity contribution in [2.45, 2.75) is 58.4 Å². The number of hydrogen-bond donors (Lipinski definition) is 1. The fourth-order valence-corrected chi connectivity index (χ4v) is 2.65. The third kappa shape index (κ3) is 2.71. The van der Waals surface area contributed by atoms with Gasteiger partial charge in [0.15, 0.2) is 0 Å². The number of aromatic amines is 1. The van der Waals surface area contributed by atoms with Crippen LogP contribution in [0.15, 0.2) is 0 Å². The predicted octanol–water partition coefficient (Wildman–Crippen LogP) is 2.16. The molecule has 1 aliphatic carbocycles. The van der Waals surface area contributed by atoms with Crippen LogP contribution >= 0.6 is 0 Å². The summed E-state index contributed by atoms with van der Waals surface area (Å²) < 4.78 is 0. The summed E-state index contributed by atoms with van der Waals surface area (Å²) in [6, 6.07) is 0.385. The van der Waals surface area contributed by atoms with Crippen molar-refractivity contribution in [1.82, 2.24) is 20.1 Å². The molecule has 5 nitrogen and oxygen atoms in total. The molecule has 0 saturated heterocycles. The number of rotatable bonds is 5. The summed E-state index contributed by atoms with van der Waals surface area (Å²) >= 11 is 0. The van der Waals surface area contributed by atoms with Crippen LogP contribution in [0.2, 0.25) is 0 Å². The maximum absolute atomic E-state index is 12.4. The van der Waals surface area contributed by atoms with E-state index in [-0.39, 0.29) is 5.91 Å². The molecular weight excluding hydrogens is 228 g/mol. The van der Waals surface area contributed by atoms with Gasteiger partial charge in [-0.05, 0) is 26.2 Å². The lowest BCUT2D eigenvalue weighted by Gasteiger charge is -2.26. The fourth-order valence-electron chi connectivity index (χ4n) is 2.65. The second-order valence-corrected chi connectivity index (χ2v) is 4.89.